The van der Waals surface area contributed by atoms with Crippen LogP contribution in [0.4, 0.5) is 19.0 Å². The quantitative estimate of drug-likeness (QED) is 0.590. The largest absolute Gasteiger partial charge is 0.355 e. The summed E-state index contributed by atoms with van der Waals surface area (Å²) in [6.07, 6.45) is 1.72. The molecule has 5 rings (SSSR count). The third-order valence-electron chi connectivity index (χ3n) is 5.48. The standard InChI is InChI=1S/C19H19F3N6S/c20-13-1-3-14(4-2-13)29-27-11-19(12-27)5-6-26(10-19)17-8-23-15-7-24-28(9-16(21)22)18(15)25-17/h1-4,7-8,16H,5-6,9-12H2. The van der Waals surface area contributed by atoms with E-state index in [1.807, 2.05) is 0 Å². The second-order valence-corrected chi connectivity index (χ2v) is 8.84. The number of fused-ring (bicyclic) bond motifs is 1. The first-order valence-electron chi connectivity index (χ1n) is 9.40. The fourth-order valence-corrected chi connectivity index (χ4v) is 5.29. The van der Waals surface area contributed by atoms with E-state index in [1.165, 1.54) is 23.0 Å². The zero-order chi connectivity index (χ0) is 20.0. The van der Waals surface area contributed by atoms with Gasteiger partial charge < -0.3 is 4.90 Å². The van der Waals surface area contributed by atoms with E-state index >= 15 is 0 Å². The Kier molecular flexibility index (Phi) is 4.62. The molecule has 2 aliphatic heterocycles. The second kappa shape index (κ2) is 7.17. The molecule has 0 bridgehead atoms. The Morgan fingerprint density at radius 3 is 2.66 bits per heavy atom. The highest BCUT2D eigenvalue weighted by atomic mass is 32.2. The van der Waals surface area contributed by atoms with Crippen molar-refractivity contribution < 1.29 is 13.2 Å². The van der Waals surface area contributed by atoms with E-state index in [9.17, 15) is 13.2 Å². The molecule has 29 heavy (non-hydrogen) atoms. The molecule has 10 heteroatoms. The minimum Gasteiger partial charge on any atom is -0.355 e. The maximum Gasteiger partial charge on any atom is 0.258 e. The Bertz CT molecular complexity index is 1020. The highest BCUT2D eigenvalue weighted by Crippen LogP contribution is 2.45. The van der Waals surface area contributed by atoms with Gasteiger partial charge in [0, 0.05) is 36.5 Å². The van der Waals surface area contributed by atoms with Gasteiger partial charge in [-0.2, -0.15) is 5.10 Å². The van der Waals surface area contributed by atoms with Gasteiger partial charge in [0.1, 0.15) is 23.7 Å². The van der Waals surface area contributed by atoms with E-state index in [2.05, 4.69) is 24.3 Å². The number of aromatic nitrogens is 4. The Morgan fingerprint density at radius 1 is 1.10 bits per heavy atom. The molecule has 6 nitrogen and oxygen atoms in total. The fraction of sp³-hybridized carbons (Fsp3) is 0.421. The van der Waals surface area contributed by atoms with Crippen molar-refractivity contribution in [3.05, 3.63) is 42.5 Å². The number of halogens is 3. The van der Waals surface area contributed by atoms with Crippen LogP contribution in [0.25, 0.3) is 11.2 Å². The molecule has 2 fully saturated rings. The molecule has 1 spiro atoms. The van der Waals surface area contributed by atoms with E-state index in [1.54, 1.807) is 30.3 Å². The summed E-state index contributed by atoms with van der Waals surface area (Å²) in [5.41, 5.74) is 1.12. The number of hydrogen-bond donors (Lipinski definition) is 0. The van der Waals surface area contributed by atoms with Gasteiger partial charge in [-0.05, 0) is 42.6 Å². The third kappa shape index (κ3) is 3.66. The predicted octanol–water partition coefficient (Wildman–Crippen LogP) is 3.45. The van der Waals surface area contributed by atoms with Crippen LogP contribution in [0.2, 0.25) is 0 Å². The van der Waals surface area contributed by atoms with Crippen LogP contribution >= 0.6 is 11.9 Å². The van der Waals surface area contributed by atoms with Crippen LogP contribution in [0.1, 0.15) is 6.42 Å². The SMILES string of the molecule is Fc1ccc(SN2CC3(CCN(c4cnc5cnn(CC(F)F)c5n4)C3)C2)cc1. The number of anilines is 1. The summed E-state index contributed by atoms with van der Waals surface area (Å²) in [6, 6.07) is 6.53. The van der Waals surface area contributed by atoms with Crippen molar-refractivity contribution in [1.82, 2.24) is 24.1 Å². The highest BCUT2D eigenvalue weighted by Gasteiger charge is 2.48. The molecular formula is C19H19F3N6S. The minimum atomic E-state index is -2.49. The van der Waals surface area contributed by atoms with Crippen molar-refractivity contribution >= 4 is 28.9 Å². The molecule has 3 aromatic rings. The van der Waals surface area contributed by atoms with E-state index in [4.69, 9.17) is 0 Å². The summed E-state index contributed by atoms with van der Waals surface area (Å²) < 4.78 is 42.0. The second-order valence-electron chi connectivity index (χ2n) is 7.67. The summed E-state index contributed by atoms with van der Waals surface area (Å²) in [5, 5.41) is 3.97. The summed E-state index contributed by atoms with van der Waals surface area (Å²) in [5.74, 6) is 0.476. The molecule has 0 saturated carbocycles. The molecule has 1 aromatic carbocycles. The fourth-order valence-electron chi connectivity index (χ4n) is 4.06. The first kappa shape index (κ1) is 18.7. The van der Waals surface area contributed by atoms with Crippen molar-refractivity contribution in [1.29, 1.82) is 0 Å². The zero-order valence-electron chi connectivity index (χ0n) is 15.5. The monoisotopic (exact) mass is 420 g/mol. The van der Waals surface area contributed by atoms with E-state index < -0.39 is 13.0 Å². The van der Waals surface area contributed by atoms with Crippen LogP contribution in [0.3, 0.4) is 0 Å². The first-order chi connectivity index (χ1) is 14.0. The summed E-state index contributed by atoms with van der Waals surface area (Å²) in [7, 11) is 0. The molecule has 4 heterocycles. The Morgan fingerprint density at radius 2 is 1.90 bits per heavy atom. The average Bonchev–Trinajstić information content (AvgIpc) is 3.28. The molecular weight excluding hydrogens is 401 g/mol. The van der Waals surface area contributed by atoms with Crippen LogP contribution < -0.4 is 4.90 Å². The molecule has 2 aliphatic rings. The summed E-state index contributed by atoms with van der Waals surface area (Å²) >= 11 is 1.65. The number of hydrogen-bond acceptors (Lipinski definition) is 6. The van der Waals surface area contributed by atoms with Gasteiger partial charge in [-0.25, -0.2) is 32.1 Å². The van der Waals surface area contributed by atoms with Gasteiger partial charge in [0.05, 0.1) is 12.4 Å². The number of benzene rings is 1. The van der Waals surface area contributed by atoms with Crippen molar-refractivity contribution in [2.75, 3.05) is 31.1 Å². The molecule has 0 amide bonds. The first-order valence-corrected chi connectivity index (χ1v) is 10.2. The molecule has 0 radical (unpaired) electrons. The van der Waals surface area contributed by atoms with Crippen molar-refractivity contribution in [3.63, 3.8) is 0 Å². The van der Waals surface area contributed by atoms with Gasteiger partial charge in [0.15, 0.2) is 5.65 Å². The summed E-state index contributed by atoms with van der Waals surface area (Å²) in [4.78, 5) is 12.1. The highest BCUT2D eigenvalue weighted by molar-refractivity contribution is 7.97. The van der Waals surface area contributed by atoms with Gasteiger partial charge in [-0.1, -0.05) is 0 Å². The lowest BCUT2D eigenvalue weighted by atomic mass is 9.81. The molecule has 0 atom stereocenters. The van der Waals surface area contributed by atoms with E-state index in [-0.39, 0.29) is 11.2 Å². The van der Waals surface area contributed by atoms with Crippen LogP contribution in [-0.4, -0.2) is 56.7 Å². The topological polar surface area (TPSA) is 50.1 Å². The van der Waals surface area contributed by atoms with Crippen molar-refractivity contribution in [3.8, 4) is 0 Å². The lowest BCUT2D eigenvalue weighted by molar-refractivity contribution is 0.105. The van der Waals surface area contributed by atoms with Gasteiger partial charge in [-0.15, -0.1) is 0 Å². The minimum absolute atomic E-state index is 0.201. The Hall–Kier alpha value is -2.33. The lowest BCUT2D eigenvalue weighted by Crippen LogP contribution is -2.54. The van der Waals surface area contributed by atoms with Gasteiger partial charge >= 0.3 is 0 Å². The average molecular weight is 420 g/mol. The van der Waals surface area contributed by atoms with Crippen LogP contribution in [0.5, 0.6) is 0 Å². The molecule has 152 valence electrons. The summed E-state index contributed by atoms with van der Waals surface area (Å²) in [6.45, 7) is 3.13. The Balaban J connectivity index is 1.25. The van der Waals surface area contributed by atoms with E-state index in [0.29, 0.717) is 17.0 Å². The van der Waals surface area contributed by atoms with Crippen LogP contribution in [-0.2, 0) is 6.54 Å². The third-order valence-corrected chi connectivity index (χ3v) is 6.48. The van der Waals surface area contributed by atoms with Gasteiger partial charge in [-0.3, -0.25) is 0 Å². The van der Waals surface area contributed by atoms with Crippen LogP contribution in [0, 0.1) is 11.2 Å². The lowest BCUT2D eigenvalue weighted by Gasteiger charge is -2.47. The molecule has 0 unspecified atom stereocenters. The van der Waals surface area contributed by atoms with Crippen molar-refractivity contribution in [2.45, 2.75) is 24.3 Å². The van der Waals surface area contributed by atoms with Gasteiger partial charge in [0.25, 0.3) is 6.43 Å². The molecule has 0 N–H and O–H groups in total. The normalized spacial score (nSPS) is 18.8. The number of rotatable bonds is 5. The Labute approximate surface area is 169 Å². The zero-order valence-corrected chi connectivity index (χ0v) is 16.3. The molecule has 0 aliphatic carbocycles. The number of alkyl halides is 2. The van der Waals surface area contributed by atoms with Crippen molar-refractivity contribution in [2.24, 2.45) is 5.41 Å². The predicted molar refractivity (Wildman–Crippen MR) is 104 cm³/mol. The maximum atomic E-state index is 13.0. The molecule has 2 aromatic heterocycles. The maximum absolute atomic E-state index is 13.0. The molecule has 2 saturated heterocycles. The van der Waals surface area contributed by atoms with Crippen LogP contribution in [0.15, 0.2) is 41.6 Å². The van der Waals surface area contributed by atoms with E-state index in [0.717, 1.165) is 37.5 Å². The smallest absolute Gasteiger partial charge is 0.258 e. The number of nitrogens with zero attached hydrogens (tertiary/aromatic N) is 6. The van der Waals surface area contributed by atoms with Gasteiger partial charge in [0.2, 0.25) is 0 Å².